The summed E-state index contributed by atoms with van der Waals surface area (Å²) in [5.74, 6) is 0.548. The van der Waals surface area contributed by atoms with Crippen LogP contribution in [0.1, 0.15) is 18.4 Å². The summed E-state index contributed by atoms with van der Waals surface area (Å²) in [6.45, 7) is 2.14. The molecule has 1 fully saturated rings. The van der Waals surface area contributed by atoms with Crippen molar-refractivity contribution in [2.75, 3.05) is 24.5 Å². The molecule has 0 aliphatic carbocycles. The summed E-state index contributed by atoms with van der Waals surface area (Å²) in [5.41, 5.74) is 2.75. The number of benzene rings is 2. The number of hydrogen-bond donors (Lipinski definition) is 1. The maximum absolute atomic E-state index is 13.1. The Morgan fingerprint density at radius 3 is 2.57 bits per heavy atom. The van der Waals surface area contributed by atoms with Gasteiger partial charge in [-0.1, -0.05) is 30.3 Å². The number of piperidine rings is 1. The van der Waals surface area contributed by atoms with Gasteiger partial charge in [-0.15, -0.1) is 10.2 Å². The molecule has 1 amide bonds. The van der Waals surface area contributed by atoms with Crippen LogP contribution in [0.15, 0.2) is 66.7 Å². The van der Waals surface area contributed by atoms with Crippen molar-refractivity contribution in [3.63, 3.8) is 0 Å². The van der Waals surface area contributed by atoms with E-state index < -0.39 is 0 Å². The average Bonchev–Trinajstić information content (AvgIpc) is 2.80. The van der Waals surface area contributed by atoms with Crippen LogP contribution in [0.2, 0.25) is 0 Å². The fourth-order valence-corrected chi connectivity index (χ4v) is 3.79. The summed E-state index contributed by atoms with van der Waals surface area (Å²) in [6, 6.07) is 20.2. The molecule has 0 bridgehead atoms. The first-order chi connectivity index (χ1) is 14.7. The van der Waals surface area contributed by atoms with E-state index >= 15 is 0 Å². The molecule has 5 nitrogen and oxygen atoms in total. The summed E-state index contributed by atoms with van der Waals surface area (Å²) >= 11 is 0. The molecule has 1 unspecified atom stereocenters. The third-order valence-corrected chi connectivity index (χ3v) is 5.46. The number of aromatic nitrogens is 2. The Kier molecular flexibility index (Phi) is 6.32. The topological polar surface area (TPSA) is 58.1 Å². The Labute approximate surface area is 176 Å². The predicted octanol–water partition coefficient (Wildman–Crippen LogP) is 3.86. The van der Waals surface area contributed by atoms with Crippen LogP contribution in [-0.4, -0.2) is 35.7 Å². The number of rotatable bonds is 6. The molecule has 2 heterocycles. The van der Waals surface area contributed by atoms with E-state index in [9.17, 15) is 9.18 Å². The Hall–Kier alpha value is -3.28. The summed E-state index contributed by atoms with van der Waals surface area (Å²) in [5, 5.41) is 11.7. The lowest BCUT2D eigenvalue weighted by atomic mass is 9.97. The Balaban J connectivity index is 1.33. The molecule has 0 radical (unpaired) electrons. The van der Waals surface area contributed by atoms with Gasteiger partial charge in [-0.2, -0.15) is 0 Å². The molecule has 1 aromatic heterocycles. The minimum atomic E-state index is -0.273. The predicted molar refractivity (Wildman–Crippen MR) is 116 cm³/mol. The van der Waals surface area contributed by atoms with Crippen molar-refractivity contribution >= 4 is 11.7 Å². The quantitative estimate of drug-likeness (QED) is 0.678. The van der Waals surface area contributed by atoms with Gasteiger partial charge in [0.05, 0.1) is 11.6 Å². The Morgan fingerprint density at radius 1 is 1.03 bits per heavy atom. The molecule has 2 aromatic carbocycles. The van der Waals surface area contributed by atoms with Crippen LogP contribution in [0.25, 0.3) is 11.3 Å². The van der Waals surface area contributed by atoms with Crippen LogP contribution in [-0.2, 0) is 11.2 Å². The normalized spacial score (nSPS) is 16.3. The smallest absolute Gasteiger partial charge is 0.224 e. The van der Waals surface area contributed by atoms with E-state index in [-0.39, 0.29) is 17.6 Å². The second-order valence-electron chi connectivity index (χ2n) is 7.60. The zero-order valence-corrected chi connectivity index (χ0v) is 16.8. The first-order valence-electron chi connectivity index (χ1n) is 10.4. The zero-order chi connectivity index (χ0) is 20.8. The summed E-state index contributed by atoms with van der Waals surface area (Å²) in [4.78, 5) is 14.7. The monoisotopic (exact) mass is 404 g/mol. The number of nitrogens with one attached hydrogen (secondary N) is 1. The molecule has 154 valence electrons. The molecule has 0 spiro atoms. The first kappa shape index (κ1) is 20.0. The number of carbonyl (C=O) groups excluding carboxylic acids is 1. The maximum Gasteiger partial charge on any atom is 0.224 e. The van der Waals surface area contributed by atoms with Crippen LogP contribution in [0.3, 0.4) is 0 Å². The molecular weight excluding hydrogens is 379 g/mol. The summed E-state index contributed by atoms with van der Waals surface area (Å²) in [6.07, 6.45) is 2.66. The number of nitrogens with zero attached hydrogens (tertiary/aromatic N) is 3. The molecule has 1 aliphatic heterocycles. The number of anilines is 1. The summed E-state index contributed by atoms with van der Waals surface area (Å²) < 4.78 is 13.1. The van der Waals surface area contributed by atoms with Crippen molar-refractivity contribution in [1.29, 1.82) is 0 Å². The van der Waals surface area contributed by atoms with E-state index in [1.54, 1.807) is 12.1 Å². The van der Waals surface area contributed by atoms with Gasteiger partial charge in [0.15, 0.2) is 5.82 Å². The average molecular weight is 404 g/mol. The van der Waals surface area contributed by atoms with Crippen molar-refractivity contribution in [3.05, 3.63) is 78.1 Å². The number of halogens is 1. The van der Waals surface area contributed by atoms with E-state index in [1.165, 1.54) is 17.7 Å². The molecule has 0 saturated carbocycles. The molecule has 1 N–H and O–H groups in total. The van der Waals surface area contributed by atoms with E-state index in [2.05, 4.69) is 32.5 Å². The van der Waals surface area contributed by atoms with E-state index in [0.717, 1.165) is 37.2 Å². The highest BCUT2D eigenvalue weighted by atomic mass is 19.1. The third kappa shape index (κ3) is 5.00. The van der Waals surface area contributed by atoms with Gasteiger partial charge in [-0.05, 0) is 61.2 Å². The van der Waals surface area contributed by atoms with Crippen molar-refractivity contribution in [2.24, 2.45) is 5.92 Å². The van der Waals surface area contributed by atoms with Gasteiger partial charge in [0.2, 0.25) is 5.91 Å². The van der Waals surface area contributed by atoms with Gasteiger partial charge in [-0.25, -0.2) is 4.39 Å². The minimum Gasteiger partial charge on any atom is -0.355 e. The van der Waals surface area contributed by atoms with E-state index in [0.29, 0.717) is 18.8 Å². The van der Waals surface area contributed by atoms with E-state index in [1.807, 2.05) is 30.3 Å². The van der Waals surface area contributed by atoms with Crippen molar-refractivity contribution < 1.29 is 9.18 Å². The lowest BCUT2D eigenvalue weighted by Crippen LogP contribution is -2.43. The zero-order valence-electron chi connectivity index (χ0n) is 16.8. The molecule has 1 atom stereocenters. The van der Waals surface area contributed by atoms with Gasteiger partial charge in [-0.3, -0.25) is 4.79 Å². The van der Waals surface area contributed by atoms with Gasteiger partial charge < -0.3 is 10.2 Å². The highest BCUT2D eigenvalue weighted by molar-refractivity contribution is 5.79. The van der Waals surface area contributed by atoms with Crippen LogP contribution in [0.4, 0.5) is 10.2 Å². The fourth-order valence-electron chi connectivity index (χ4n) is 3.79. The Bertz CT molecular complexity index is 961. The number of carbonyl (C=O) groups is 1. The molecule has 30 heavy (non-hydrogen) atoms. The standard InChI is InChI=1S/C24H25FN4O/c25-21-10-8-19(9-11-21)22-12-13-23(28-27-22)29-16-4-7-20(17-29)24(30)26-15-14-18-5-2-1-3-6-18/h1-3,5-6,8-13,20H,4,7,14-17H2,(H,26,30). The highest BCUT2D eigenvalue weighted by Gasteiger charge is 2.26. The number of amides is 1. The molecular formula is C24H25FN4O. The van der Waals surface area contributed by atoms with Crippen molar-refractivity contribution in [2.45, 2.75) is 19.3 Å². The first-order valence-corrected chi connectivity index (χ1v) is 10.4. The second kappa shape index (κ2) is 9.48. The molecule has 1 saturated heterocycles. The lowest BCUT2D eigenvalue weighted by molar-refractivity contribution is -0.125. The largest absolute Gasteiger partial charge is 0.355 e. The molecule has 3 aromatic rings. The highest BCUT2D eigenvalue weighted by Crippen LogP contribution is 2.23. The van der Waals surface area contributed by atoms with Gasteiger partial charge >= 0.3 is 0 Å². The van der Waals surface area contributed by atoms with Gasteiger partial charge in [0, 0.05) is 25.2 Å². The summed E-state index contributed by atoms with van der Waals surface area (Å²) in [7, 11) is 0. The molecule has 4 rings (SSSR count). The van der Waals surface area contributed by atoms with Crippen LogP contribution < -0.4 is 10.2 Å². The molecule has 1 aliphatic rings. The van der Waals surface area contributed by atoms with Crippen LogP contribution in [0, 0.1) is 11.7 Å². The van der Waals surface area contributed by atoms with Crippen LogP contribution in [0.5, 0.6) is 0 Å². The van der Waals surface area contributed by atoms with E-state index in [4.69, 9.17) is 0 Å². The fraction of sp³-hybridized carbons (Fsp3) is 0.292. The second-order valence-corrected chi connectivity index (χ2v) is 7.60. The minimum absolute atomic E-state index is 0.0481. The maximum atomic E-state index is 13.1. The van der Waals surface area contributed by atoms with Gasteiger partial charge in [0.1, 0.15) is 5.82 Å². The van der Waals surface area contributed by atoms with Crippen LogP contribution >= 0.6 is 0 Å². The Morgan fingerprint density at radius 2 is 1.83 bits per heavy atom. The van der Waals surface area contributed by atoms with Crippen molar-refractivity contribution in [3.8, 4) is 11.3 Å². The SMILES string of the molecule is O=C(NCCc1ccccc1)C1CCCN(c2ccc(-c3ccc(F)cc3)nn2)C1. The lowest BCUT2D eigenvalue weighted by Gasteiger charge is -2.32. The third-order valence-electron chi connectivity index (χ3n) is 5.46. The number of hydrogen-bond acceptors (Lipinski definition) is 4. The van der Waals surface area contributed by atoms with Gasteiger partial charge in [0.25, 0.3) is 0 Å². The van der Waals surface area contributed by atoms with Crippen molar-refractivity contribution in [1.82, 2.24) is 15.5 Å². The molecule has 6 heteroatoms.